The van der Waals surface area contributed by atoms with Gasteiger partial charge in [-0.3, -0.25) is 9.58 Å². The highest BCUT2D eigenvalue weighted by Crippen LogP contribution is 2.27. The maximum absolute atomic E-state index is 10.4. The summed E-state index contributed by atoms with van der Waals surface area (Å²) in [5.41, 5.74) is 1.24. The normalized spacial score (nSPS) is 21.6. The number of aliphatic hydroxyl groups is 1. The van der Waals surface area contributed by atoms with Crippen molar-refractivity contribution >= 4 is 0 Å². The first-order valence-electron chi connectivity index (χ1n) is 8.15. The highest BCUT2D eigenvalue weighted by Gasteiger charge is 2.25. The number of nitrogens with zero attached hydrogens (tertiary/aromatic N) is 3. The van der Waals surface area contributed by atoms with E-state index in [1.165, 1.54) is 24.8 Å². The number of aliphatic hydroxyl groups excluding tert-OH is 1. The van der Waals surface area contributed by atoms with Crippen LogP contribution < -0.4 is 0 Å². The van der Waals surface area contributed by atoms with Crippen LogP contribution >= 0.6 is 0 Å². The predicted octanol–water partition coefficient (Wildman–Crippen LogP) is 2.88. The van der Waals surface area contributed by atoms with E-state index in [9.17, 15) is 5.11 Å². The Morgan fingerprint density at radius 1 is 1.41 bits per heavy atom. The first-order valence-corrected chi connectivity index (χ1v) is 8.15. The summed E-state index contributed by atoms with van der Waals surface area (Å²) in [6.45, 7) is 1.99. The second-order valence-corrected chi connectivity index (χ2v) is 6.26. The summed E-state index contributed by atoms with van der Waals surface area (Å²) in [5, 5.41) is 14.7. The topological polar surface area (TPSA) is 54.4 Å². The molecule has 1 fully saturated rings. The summed E-state index contributed by atoms with van der Waals surface area (Å²) in [7, 11) is 1.95. The van der Waals surface area contributed by atoms with Crippen LogP contribution in [-0.4, -0.2) is 32.4 Å². The Morgan fingerprint density at radius 3 is 3.05 bits per heavy atom. The van der Waals surface area contributed by atoms with Crippen molar-refractivity contribution in [2.45, 2.75) is 50.8 Å². The lowest BCUT2D eigenvalue weighted by atomic mass is 10.0. The Hall–Kier alpha value is -1.59. The van der Waals surface area contributed by atoms with Gasteiger partial charge >= 0.3 is 0 Å². The smallest absolute Gasteiger partial charge is 0.132 e. The van der Waals surface area contributed by atoms with Gasteiger partial charge in [-0.25, -0.2) is 0 Å². The highest BCUT2D eigenvalue weighted by molar-refractivity contribution is 5.05. The Morgan fingerprint density at radius 2 is 2.32 bits per heavy atom. The monoisotopic (exact) mass is 303 g/mol. The van der Waals surface area contributed by atoms with E-state index < -0.39 is 6.10 Å². The average Bonchev–Trinajstić information content (AvgIpc) is 3.12. The third kappa shape index (κ3) is 3.78. The maximum atomic E-state index is 10.4. The predicted molar refractivity (Wildman–Crippen MR) is 84.2 cm³/mol. The molecule has 0 aliphatic carbocycles. The molecule has 0 saturated carbocycles. The van der Waals surface area contributed by atoms with Crippen molar-refractivity contribution in [3.8, 4) is 0 Å². The molecule has 3 rings (SSSR count). The van der Waals surface area contributed by atoms with E-state index >= 15 is 0 Å². The number of hydrogen-bond donors (Lipinski definition) is 1. The minimum Gasteiger partial charge on any atom is -0.467 e. The zero-order valence-corrected chi connectivity index (χ0v) is 13.2. The number of likely N-dealkylation sites (tertiary alicyclic amines) is 1. The fourth-order valence-corrected chi connectivity index (χ4v) is 3.35. The molecule has 1 saturated heterocycles. The van der Waals surface area contributed by atoms with Gasteiger partial charge in [0, 0.05) is 31.4 Å². The number of furan rings is 1. The summed E-state index contributed by atoms with van der Waals surface area (Å²) >= 11 is 0. The molecule has 1 aliphatic heterocycles. The van der Waals surface area contributed by atoms with Crippen molar-refractivity contribution in [3.05, 3.63) is 42.1 Å². The van der Waals surface area contributed by atoms with Gasteiger partial charge < -0.3 is 9.52 Å². The van der Waals surface area contributed by atoms with Crippen LogP contribution in [0.1, 0.15) is 49.5 Å². The lowest BCUT2D eigenvalue weighted by molar-refractivity contribution is 0.0830. The molecule has 1 N–H and O–H groups in total. The summed E-state index contributed by atoms with van der Waals surface area (Å²) in [4.78, 5) is 2.50. The largest absolute Gasteiger partial charge is 0.467 e. The quantitative estimate of drug-likeness (QED) is 0.923. The third-order valence-electron chi connectivity index (χ3n) is 4.51. The molecule has 22 heavy (non-hydrogen) atoms. The van der Waals surface area contributed by atoms with Crippen molar-refractivity contribution in [3.63, 3.8) is 0 Å². The lowest BCUT2D eigenvalue weighted by Gasteiger charge is -2.30. The van der Waals surface area contributed by atoms with Crippen molar-refractivity contribution in [2.24, 2.45) is 7.05 Å². The van der Waals surface area contributed by atoms with Gasteiger partial charge in [0.05, 0.1) is 12.5 Å². The van der Waals surface area contributed by atoms with Crippen LogP contribution in [0.15, 0.2) is 35.2 Å². The van der Waals surface area contributed by atoms with Crippen LogP contribution in [0.2, 0.25) is 0 Å². The molecule has 5 nitrogen and oxygen atoms in total. The Balaban J connectivity index is 1.67. The van der Waals surface area contributed by atoms with Gasteiger partial charge in [0.25, 0.3) is 0 Å². The molecular weight excluding hydrogens is 278 g/mol. The van der Waals surface area contributed by atoms with E-state index in [1.54, 1.807) is 6.26 Å². The van der Waals surface area contributed by atoms with E-state index in [0.29, 0.717) is 11.8 Å². The first kappa shape index (κ1) is 15.3. The van der Waals surface area contributed by atoms with Crippen LogP contribution in [0.4, 0.5) is 0 Å². The molecule has 0 unspecified atom stereocenters. The van der Waals surface area contributed by atoms with Gasteiger partial charge in [-0.2, -0.15) is 5.10 Å². The van der Waals surface area contributed by atoms with Crippen molar-refractivity contribution in [1.29, 1.82) is 0 Å². The van der Waals surface area contributed by atoms with Crippen molar-refractivity contribution in [1.82, 2.24) is 14.7 Å². The minimum atomic E-state index is -0.519. The Bertz CT molecular complexity index is 564. The number of aryl methyl sites for hydroxylation is 1. The zero-order valence-electron chi connectivity index (χ0n) is 13.2. The molecule has 5 heteroatoms. The van der Waals surface area contributed by atoms with Gasteiger partial charge in [0.15, 0.2) is 0 Å². The second kappa shape index (κ2) is 7.11. The molecule has 2 atom stereocenters. The van der Waals surface area contributed by atoms with Crippen LogP contribution in [-0.2, 0) is 13.6 Å². The third-order valence-corrected chi connectivity index (χ3v) is 4.51. The van der Waals surface area contributed by atoms with Gasteiger partial charge in [-0.1, -0.05) is 12.8 Å². The molecule has 2 aromatic rings. The van der Waals surface area contributed by atoms with Gasteiger partial charge in [-0.05, 0) is 37.9 Å². The Kier molecular flexibility index (Phi) is 4.95. The summed E-state index contributed by atoms with van der Waals surface area (Å²) in [5.74, 6) is 0.672. The second-order valence-electron chi connectivity index (χ2n) is 6.26. The molecule has 3 heterocycles. The van der Waals surface area contributed by atoms with Gasteiger partial charge in [0.1, 0.15) is 11.9 Å². The molecule has 0 bridgehead atoms. The molecule has 2 aromatic heterocycles. The lowest BCUT2D eigenvalue weighted by Crippen LogP contribution is -2.35. The SMILES string of the molecule is Cn1cc(CN2CCCCC[C@H]2C[C@@H](O)c2ccco2)cn1. The molecule has 120 valence electrons. The fraction of sp³-hybridized carbons (Fsp3) is 0.588. The van der Waals surface area contributed by atoms with Crippen LogP contribution in [0.25, 0.3) is 0 Å². The number of hydrogen-bond acceptors (Lipinski definition) is 4. The molecule has 0 amide bonds. The average molecular weight is 303 g/mol. The summed E-state index contributed by atoms with van der Waals surface area (Å²) in [6, 6.07) is 4.08. The standard InChI is InChI=1S/C17H25N3O2/c1-19-12-14(11-18-19)13-20-8-4-2-3-6-15(20)10-16(21)17-7-5-9-22-17/h5,7,9,11-12,15-16,21H,2-4,6,8,10,13H2,1H3/t15-,16+/m0/s1. The molecule has 1 aliphatic rings. The Labute approximate surface area is 131 Å². The summed E-state index contributed by atoms with van der Waals surface area (Å²) < 4.78 is 7.19. The van der Waals surface area contributed by atoms with Crippen molar-refractivity contribution < 1.29 is 9.52 Å². The van der Waals surface area contributed by atoms with Crippen LogP contribution in [0.3, 0.4) is 0 Å². The molecule has 0 aromatic carbocycles. The minimum absolute atomic E-state index is 0.391. The van der Waals surface area contributed by atoms with E-state index in [4.69, 9.17) is 4.42 Å². The van der Waals surface area contributed by atoms with E-state index in [1.807, 2.05) is 30.1 Å². The van der Waals surface area contributed by atoms with Crippen LogP contribution in [0, 0.1) is 0 Å². The summed E-state index contributed by atoms with van der Waals surface area (Å²) in [6.07, 6.45) is 10.7. The van der Waals surface area contributed by atoms with Gasteiger partial charge in [-0.15, -0.1) is 0 Å². The van der Waals surface area contributed by atoms with E-state index in [0.717, 1.165) is 25.9 Å². The maximum Gasteiger partial charge on any atom is 0.132 e. The van der Waals surface area contributed by atoms with Crippen molar-refractivity contribution in [2.75, 3.05) is 6.54 Å². The van der Waals surface area contributed by atoms with E-state index in [2.05, 4.69) is 16.2 Å². The van der Waals surface area contributed by atoms with Gasteiger partial charge in [0.2, 0.25) is 0 Å². The first-order chi connectivity index (χ1) is 10.7. The molecule has 0 radical (unpaired) electrons. The number of rotatable bonds is 5. The van der Waals surface area contributed by atoms with Crippen LogP contribution in [0.5, 0.6) is 0 Å². The molecular formula is C17H25N3O2. The zero-order chi connectivity index (χ0) is 15.4. The number of aromatic nitrogens is 2. The van der Waals surface area contributed by atoms with E-state index in [-0.39, 0.29) is 0 Å². The molecule has 0 spiro atoms. The highest BCUT2D eigenvalue weighted by atomic mass is 16.4. The fourth-order valence-electron chi connectivity index (χ4n) is 3.35.